The Morgan fingerprint density at radius 3 is 1.14 bits per heavy atom. The van der Waals surface area contributed by atoms with E-state index in [1.54, 1.807) is 12.1 Å². The second-order valence-corrected chi connectivity index (χ2v) is 34.0. The molecule has 4 aromatic carbocycles. The highest BCUT2D eigenvalue weighted by molar-refractivity contribution is 7.80. The van der Waals surface area contributed by atoms with Gasteiger partial charge in [0.1, 0.15) is 114 Å². The van der Waals surface area contributed by atoms with E-state index in [1.807, 2.05) is 0 Å². The van der Waals surface area contributed by atoms with Crippen LogP contribution in [0, 0.1) is 5.41 Å². The van der Waals surface area contributed by atoms with Crippen molar-refractivity contribution in [2.45, 2.75) is 226 Å². The summed E-state index contributed by atoms with van der Waals surface area (Å²) in [5, 5.41) is 106. The summed E-state index contributed by atoms with van der Waals surface area (Å²) in [6.07, 6.45) is 1.66. The standard InChI is InChI=1S/C89H129N25O23S2/c1-47(101-84(132)68(43-115)111-86(134)69(44-138)112-74(122)48(2)100-80(128)67(41-53-42-97-46-99-53)108-75(123)58(93)37-49-13-21-54(116)22-14-49)73(121)107-64(38-50-15-23-55(117)24-16-50)81(129)105-62(31-34-92)79(127)103-60(11-7-35-98-89(95)96)77(125)109-66(40-52-19-27-57(119)28-20-52)83(131)113-70(45-139)85(133)110-65(39-51-17-25-56(118)26-18-51)82(130)104-61(29-30-72(94)120)78(126)102-59(9-3-5-32-90)76(124)106-63(10-4-6-33-91)87(135)114-36-8-12-71(114)88(136)137/h13-28,42,46-48,58-71,115-119,138-139H,3-12,29-41,43-45,90-93H2,1-2H3,(H2,94,120)(H,97,99)(H,100,128)(H,101,132)(H,102,126)(H,103,127)(H,104,130)(H,105,129)(H,106,124)(H,107,121)(H,108,123)(H,109,125)(H,110,133)(H,111,134)(H,112,122)(H,113,131)(H,136,137)(H4,95,96,98)/t47-,48-,58-,59-,60-,61-,62-,63-,64-,65-,66-,67-,68-,69-,70-,71-/m0/s1. The van der Waals surface area contributed by atoms with E-state index in [2.05, 4.69) is 115 Å². The average Bonchev–Trinajstić information content (AvgIpc) is 1.72. The Bertz CT molecular complexity index is 4960. The number of primary amides is 1. The molecule has 6 rings (SSSR count). The molecule has 50 heteroatoms. The number of phenols is 4. The van der Waals surface area contributed by atoms with Crippen molar-refractivity contribution in [1.29, 1.82) is 5.41 Å². The molecule has 35 N–H and O–H groups in total. The van der Waals surface area contributed by atoms with E-state index in [0.29, 0.717) is 53.6 Å². The number of thiol groups is 2. The van der Waals surface area contributed by atoms with Crippen molar-refractivity contribution in [1.82, 2.24) is 94.6 Å². The van der Waals surface area contributed by atoms with Crippen LogP contribution in [-0.4, -0.2) is 299 Å². The number of amides is 16. The summed E-state index contributed by atoms with van der Waals surface area (Å²) in [7, 11) is 0. The van der Waals surface area contributed by atoms with E-state index in [9.17, 15) is 107 Å². The summed E-state index contributed by atoms with van der Waals surface area (Å²) in [6.45, 7) is 1.46. The summed E-state index contributed by atoms with van der Waals surface area (Å²) in [4.78, 5) is 247. The van der Waals surface area contributed by atoms with Crippen molar-refractivity contribution >= 4 is 132 Å². The van der Waals surface area contributed by atoms with Gasteiger partial charge in [0.05, 0.1) is 19.0 Å². The number of nitrogens with one attached hydrogen (secondary N) is 17. The first-order chi connectivity index (χ1) is 66.2. The van der Waals surface area contributed by atoms with Gasteiger partial charge < -0.3 is 155 Å². The largest absolute Gasteiger partial charge is 0.508 e. The lowest BCUT2D eigenvalue weighted by atomic mass is 10.0. The number of hydrogen-bond acceptors (Lipinski definition) is 30. The van der Waals surface area contributed by atoms with Crippen molar-refractivity contribution < 1.29 is 112 Å². The van der Waals surface area contributed by atoms with Gasteiger partial charge in [-0.15, -0.1) is 0 Å². The van der Waals surface area contributed by atoms with Crippen molar-refractivity contribution in [3.8, 4) is 23.0 Å². The molecular weight excluding hydrogens is 1850 g/mol. The zero-order valence-electron chi connectivity index (χ0n) is 76.9. The van der Waals surface area contributed by atoms with Crippen LogP contribution in [0.5, 0.6) is 23.0 Å². The van der Waals surface area contributed by atoms with Crippen molar-refractivity contribution in [3.05, 3.63) is 138 Å². The van der Waals surface area contributed by atoms with Crippen LogP contribution in [0.2, 0.25) is 0 Å². The smallest absolute Gasteiger partial charge is 0.326 e. The zero-order chi connectivity index (χ0) is 103. The van der Waals surface area contributed by atoms with Gasteiger partial charge >= 0.3 is 5.97 Å². The van der Waals surface area contributed by atoms with E-state index in [4.69, 9.17) is 39.8 Å². The normalized spacial score (nSPS) is 15.4. The number of rotatable bonds is 60. The maximum atomic E-state index is 15.0. The van der Waals surface area contributed by atoms with Gasteiger partial charge in [-0.05, 0) is 188 Å². The molecule has 0 aliphatic carbocycles. The summed E-state index contributed by atoms with van der Waals surface area (Å²) >= 11 is 8.57. The van der Waals surface area contributed by atoms with E-state index in [-0.39, 0.29) is 120 Å². The number of carbonyl (C=O) groups is 17. The fourth-order valence-electron chi connectivity index (χ4n) is 14.5. The number of aliphatic hydroxyl groups is 1. The first-order valence-electron chi connectivity index (χ1n) is 45.1. The lowest BCUT2D eigenvalue weighted by Crippen LogP contribution is -2.61. The van der Waals surface area contributed by atoms with Gasteiger partial charge in [0, 0.05) is 68.6 Å². The van der Waals surface area contributed by atoms with E-state index in [0.717, 1.165) is 0 Å². The number of aromatic amines is 1. The fraction of sp³-hybridized carbons (Fsp3) is 0.494. The molecule has 1 fully saturated rings. The van der Waals surface area contributed by atoms with Gasteiger partial charge in [-0.25, -0.2) is 9.78 Å². The Labute approximate surface area is 811 Å². The second kappa shape index (κ2) is 58.6. The van der Waals surface area contributed by atoms with E-state index >= 15 is 4.79 Å². The lowest BCUT2D eigenvalue weighted by molar-refractivity contribution is -0.149. The molecule has 1 aromatic heterocycles. The molecule has 16 atom stereocenters. The predicted molar refractivity (Wildman–Crippen MR) is 510 cm³/mol. The number of unbranched alkanes of at least 4 members (excludes halogenated alkanes) is 2. The number of carboxylic acid groups (broad SMARTS) is 1. The minimum atomic E-state index is -1.83. The maximum Gasteiger partial charge on any atom is 0.326 e. The molecule has 0 unspecified atom stereocenters. The molecule has 0 bridgehead atoms. The average molecular weight is 1980 g/mol. The molecule has 1 saturated heterocycles. The predicted octanol–water partition coefficient (Wildman–Crippen LogP) is -7.04. The molecule has 16 amide bonds. The van der Waals surface area contributed by atoms with Crippen LogP contribution in [0.15, 0.2) is 110 Å². The molecule has 0 saturated carbocycles. The van der Waals surface area contributed by atoms with Crippen LogP contribution < -0.4 is 114 Å². The SMILES string of the molecule is C[C@H](NC(=O)[C@H](CO)NC(=O)[C@H](CS)NC(=O)[C@H](C)NC(=O)[C@H](Cc1cnc[nH]1)NC(=O)[C@@H](N)Cc1ccc(O)cc1)C(=O)N[C@@H](Cc1ccc(O)cc1)C(=O)N[C@@H](CCN)C(=O)N[C@@H](CCCNC(=N)N)C(=O)N[C@@H](Cc1ccc(O)cc1)C(=O)N[C@@H](CS)C(=O)N[C@@H](Cc1ccc(O)cc1)C(=O)N[C@@H](CCC(N)=O)C(=O)N[C@@H](CCCCN)C(=O)N[C@@H](CCCCN)C(=O)N1CCC[C@H]1C(=O)O. The van der Waals surface area contributed by atoms with E-state index in [1.165, 1.54) is 116 Å². The van der Waals surface area contributed by atoms with Crippen LogP contribution in [0.3, 0.4) is 0 Å². The Kier molecular flexibility index (Phi) is 48.0. The van der Waals surface area contributed by atoms with Crippen LogP contribution in [0.1, 0.15) is 125 Å². The number of aromatic nitrogens is 2. The number of aliphatic carboxylic acids is 1. The monoisotopic (exact) mass is 1980 g/mol. The maximum absolute atomic E-state index is 15.0. The molecule has 760 valence electrons. The molecule has 5 aromatic rings. The minimum absolute atomic E-state index is 0.00998. The topological polar surface area (TPSA) is 804 Å². The molecule has 139 heavy (non-hydrogen) atoms. The summed E-state index contributed by atoms with van der Waals surface area (Å²) in [6, 6.07) is -2.51. The third-order valence-corrected chi connectivity index (χ3v) is 23.0. The number of carboxylic acids is 1. The first kappa shape index (κ1) is 114. The Hall–Kier alpha value is -14.0. The van der Waals surface area contributed by atoms with Gasteiger partial charge in [0.25, 0.3) is 0 Å². The van der Waals surface area contributed by atoms with Gasteiger partial charge in [-0.2, -0.15) is 25.3 Å². The van der Waals surface area contributed by atoms with Crippen molar-refractivity contribution in [2.75, 3.05) is 50.8 Å². The van der Waals surface area contributed by atoms with Crippen LogP contribution in [-0.2, 0) is 114 Å². The van der Waals surface area contributed by atoms with Gasteiger partial charge in [0.2, 0.25) is 94.5 Å². The molecular formula is C89H129N25O23S2. The third kappa shape index (κ3) is 38.9. The van der Waals surface area contributed by atoms with Crippen molar-refractivity contribution in [2.24, 2.45) is 34.4 Å². The highest BCUT2D eigenvalue weighted by Crippen LogP contribution is 2.23. The number of guanidine groups is 1. The summed E-state index contributed by atoms with van der Waals surface area (Å²) < 4.78 is 0. The lowest BCUT2D eigenvalue weighted by Gasteiger charge is -2.29. The van der Waals surface area contributed by atoms with Gasteiger partial charge in [0.15, 0.2) is 5.96 Å². The number of hydrogen-bond donors (Lipinski definition) is 31. The number of likely N-dealkylation sites (tertiary alicyclic amines) is 1. The number of imidazole rings is 1. The zero-order valence-corrected chi connectivity index (χ0v) is 78.7. The molecule has 48 nitrogen and oxygen atoms in total. The number of aliphatic hydroxyl groups excluding tert-OH is 1. The number of phenolic OH excluding ortho intramolecular Hbond substituents is 4. The number of nitrogens with zero attached hydrogens (tertiary/aromatic N) is 2. The Morgan fingerprint density at radius 2 is 0.748 bits per heavy atom. The molecule has 2 heterocycles. The number of H-pyrrole nitrogens is 1. The Morgan fingerprint density at radius 1 is 0.417 bits per heavy atom. The minimum Gasteiger partial charge on any atom is -0.508 e. The summed E-state index contributed by atoms with van der Waals surface area (Å²) in [5.41, 5.74) is 36.9. The fourth-order valence-corrected chi connectivity index (χ4v) is 15.0. The highest BCUT2D eigenvalue weighted by atomic mass is 32.1. The molecule has 1 aliphatic rings. The van der Waals surface area contributed by atoms with E-state index < -0.39 is 247 Å². The van der Waals surface area contributed by atoms with Crippen LogP contribution >= 0.6 is 25.3 Å². The number of carbonyl (C=O) groups excluding carboxylic acids is 16. The number of aromatic hydroxyl groups is 4. The van der Waals surface area contributed by atoms with Crippen LogP contribution in [0.4, 0.5) is 0 Å². The highest BCUT2D eigenvalue weighted by Gasteiger charge is 2.42. The number of benzene rings is 4. The second-order valence-electron chi connectivity index (χ2n) is 33.3. The van der Waals surface area contributed by atoms with Crippen molar-refractivity contribution in [3.63, 3.8) is 0 Å². The summed E-state index contributed by atoms with van der Waals surface area (Å²) in [5.74, 6) is -19.1. The third-order valence-electron chi connectivity index (χ3n) is 22.3. The van der Waals surface area contributed by atoms with Crippen LogP contribution in [0.25, 0.3) is 0 Å². The molecule has 1 aliphatic heterocycles. The van der Waals surface area contributed by atoms with Gasteiger partial charge in [-0.1, -0.05) is 48.5 Å². The number of nitrogens with two attached hydrogens (primary N) is 6. The van der Waals surface area contributed by atoms with Gasteiger partial charge in [-0.3, -0.25) is 82.1 Å². The molecule has 0 radical (unpaired) electrons. The molecule has 0 spiro atoms. The first-order valence-corrected chi connectivity index (χ1v) is 46.4. The Balaban J connectivity index is 1.18. The quantitative estimate of drug-likeness (QED) is 0.00744.